The van der Waals surface area contributed by atoms with Crippen LogP contribution in [0.3, 0.4) is 0 Å². The standard InChI is InChI=1S/C17H19ClN2O/c1-3-12-8-7-9-13(4-2)16(12)20-17(21)19-15-11-6-5-10-14(15)18/h5-11H,3-4H2,1-2H3,(H2,19,20,21). The van der Waals surface area contributed by atoms with Gasteiger partial charge >= 0.3 is 6.03 Å². The molecule has 2 aromatic rings. The first kappa shape index (κ1) is 15.4. The number of carbonyl (C=O) groups is 1. The maximum Gasteiger partial charge on any atom is 0.323 e. The lowest BCUT2D eigenvalue weighted by Gasteiger charge is -2.15. The van der Waals surface area contributed by atoms with Crippen molar-refractivity contribution in [2.75, 3.05) is 10.6 Å². The highest BCUT2D eigenvalue weighted by Crippen LogP contribution is 2.24. The van der Waals surface area contributed by atoms with Crippen LogP contribution in [0.2, 0.25) is 5.02 Å². The number of nitrogens with one attached hydrogen (secondary N) is 2. The molecule has 0 fully saturated rings. The van der Waals surface area contributed by atoms with Crippen molar-refractivity contribution in [3.05, 3.63) is 58.6 Å². The first-order valence-electron chi connectivity index (χ1n) is 7.09. The van der Waals surface area contributed by atoms with Crippen LogP contribution in [-0.2, 0) is 12.8 Å². The van der Waals surface area contributed by atoms with E-state index in [0.717, 1.165) is 29.7 Å². The molecule has 0 saturated heterocycles. The summed E-state index contributed by atoms with van der Waals surface area (Å²) in [5.74, 6) is 0. The van der Waals surface area contributed by atoms with Crippen LogP contribution in [0.15, 0.2) is 42.5 Å². The number of benzene rings is 2. The van der Waals surface area contributed by atoms with Crippen LogP contribution in [0.25, 0.3) is 0 Å². The topological polar surface area (TPSA) is 41.1 Å². The van der Waals surface area contributed by atoms with Crippen LogP contribution in [0, 0.1) is 0 Å². The predicted molar refractivity (Wildman–Crippen MR) is 89.3 cm³/mol. The number of aryl methyl sites for hydroxylation is 2. The van der Waals surface area contributed by atoms with E-state index in [4.69, 9.17) is 11.6 Å². The van der Waals surface area contributed by atoms with Gasteiger partial charge in [0.15, 0.2) is 0 Å². The first-order valence-corrected chi connectivity index (χ1v) is 7.46. The van der Waals surface area contributed by atoms with Crippen molar-refractivity contribution < 1.29 is 4.79 Å². The summed E-state index contributed by atoms with van der Waals surface area (Å²) >= 11 is 6.05. The minimum absolute atomic E-state index is 0.279. The molecule has 0 aliphatic carbocycles. The summed E-state index contributed by atoms with van der Waals surface area (Å²) in [7, 11) is 0. The number of halogens is 1. The molecule has 0 saturated carbocycles. The van der Waals surface area contributed by atoms with Crippen LogP contribution in [0.1, 0.15) is 25.0 Å². The predicted octanol–water partition coefficient (Wildman–Crippen LogP) is 5.11. The van der Waals surface area contributed by atoms with Gasteiger partial charge in [-0.15, -0.1) is 0 Å². The van der Waals surface area contributed by atoms with Crippen molar-refractivity contribution >= 4 is 29.0 Å². The Balaban J connectivity index is 2.18. The molecule has 0 bridgehead atoms. The van der Waals surface area contributed by atoms with Crippen LogP contribution >= 0.6 is 11.6 Å². The summed E-state index contributed by atoms with van der Waals surface area (Å²) in [6.45, 7) is 4.15. The van der Waals surface area contributed by atoms with Crippen LogP contribution < -0.4 is 10.6 Å². The van der Waals surface area contributed by atoms with E-state index in [1.807, 2.05) is 30.3 Å². The fourth-order valence-electron chi connectivity index (χ4n) is 2.23. The Hall–Kier alpha value is -2.00. The number of hydrogen-bond acceptors (Lipinski definition) is 1. The molecule has 2 rings (SSSR count). The van der Waals surface area contributed by atoms with Crippen molar-refractivity contribution in [1.82, 2.24) is 0 Å². The van der Waals surface area contributed by atoms with Gasteiger partial charge in [0, 0.05) is 5.69 Å². The van der Waals surface area contributed by atoms with Crippen molar-refractivity contribution in [3.8, 4) is 0 Å². The number of para-hydroxylation sites is 2. The molecule has 2 aromatic carbocycles. The quantitative estimate of drug-likeness (QED) is 0.809. The van der Waals surface area contributed by atoms with Gasteiger partial charge in [0.1, 0.15) is 0 Å². The Morgan fingerprint density at radius 3 is 2.14 bits per heavy atom. The lowest BCUT2D eigenvalue weighted by Crippen LogP contribution is -2.21. The largest absolute Gasteiger partial charge is 0.323 e. The fraction of sp³-hybridized carbons (Fsp3) is 0.235. The second kappa shape index (κ2) is 7.14. The second-order valence-corrected chi connectivity index (χ2v) is 5.12. The fourth-order valence-corrected chi connectivity index (χ4v) is 2.42. The SMILES string of the molecule is CCc1cccc(CC)c1NC(=O)Nc1ccccc1Cl. The minimum atomic E-state index is -0.279. The lowest BCUT2D eigenvalue weighted by atomic mass is 10.0. The van der Waals surface area contributed by atoms with E-state index in [9.17, 15) is 4.79 Å². The Morgan fingerprint density at radius 2 is 1.57 bits per heavy atom. The molecule has 0 radical (unpaired) electrons. The number of anilines is 2. The van der Waals surface area contributed by atoms with Crippen molar-refractivity contribution in [2.24, 2.45) is 0 Å². The molecular weight excluding hydrogens is 284 g/mol. The zero-order valence-electron chi connectivity index (χ0n) is 12.2. The molecule has 0 aliphatic rings. The molecule has 0 spiro atoms. The van der Waals surface area contributed by atoms with Gasteiger partial charge in [0.25, 0.3) is 0 Å². The maximum atomic E-state index is 12.2. The Kier molecular flexibility index (Phi) is 5.23. The zero-order chi connectivity index (χ0) is 15.2. The molecule has 0 aromatic heterocycles. The summed E-state index contributed by atoms with van der Waals surface area (Å²) in [5, 5.41) is 6.25. The highest BCUT2D eigenvalue weighted by Gasteiger charge is 2.11. The van der Waals surface area contributed by atoms with Gasteiger partial charge in [-0.3, -0.25) is 0 Å². The van der Waals surface area contributed by atoms with Gasteiger partial charge in [0.05, 0.1) is 10.7 Å². The monoisotopic (exact) mass is 302 g/mol. The molecule has 4 heteroatoms. The minimum Gasteiger partial charge on any atom is -0.307 e. The summed E-state index contributed by atoms with van der Waals surface area (Å²) < 4.78 is 0. The van der Waals surface area contributed by atoms with E-state index in [-0.39, 0.29) is 6.03 Å². The van der Waals surface area contributed by atoms with Crippen molar-refractivity contribution in [2.45, 2.75) is 26.7 Å². The van der Waals surface area contributed by atoms with E-state index in [1.54, 1.807) is 12.1 Å². The first-order chi connectivity index (χ1) is 10.2. The Labute approximate surface area is 130 Å². The van der Waals surface area contributed by atoms with Crippen LogP contribution in [0.5, 0.6) is 0 Å². The molecule has 0 heterocycles. The maximum absolute atomic E-state index is 12.2. The van der Waals surface area contributed by atoms with E-state index in [2.05, 4.69) is 24.5 Å². The summed E-state index contributed by atoms with van der Waals surface area (Å²) in [6.07, 6.45) is 1.74. The van der Waals surface area contributed by atoms with Crippen LogP contribution in [-0.4, -0.2) is 6.03 Å². The molecule has 21 heavy (non-hydrogen) atoms. The average molecular weight is 303 g/mol. The second-order valence-electron chi connectivity index (χ2n) is 4.72. The van der Waals surface area contributed by atoms with Gasteiger partial charge in [-0.2, -0.15) is 0 Å². The van der Waals surface area contributed by atoms with E-state index in [0.29, 0.717) is 10.7 Å². The number of hydrogen-bond donors (Lipinski definition) is 2. The summed E-state index contributed by atoms with van der Waals surface area (Å²) in [6, 6.07) is 13.0. The number of rotatable bonds is 4. The van der Waals surface area contributed by atoms with Gasteiger partial charge in [-0.1, -0.05) is 55.8 Å². The lowest BCUT2D eigenvalue weighted by molar-refractivity contribution is 0.262. The highest BCUT2D eigenvalue weighted by atomic mass is 35.5. The number of urea groups is 1. The molecule has 2 N–H and O–H groups in total. The van der Waals surface area contributed by atoms with Crippen LogP contribution in [0.4, 0.5) is 16.2 Å². The van der Waals surface area contributed by atoms with E-state index in [1.165, 1.54) is 0 Å². The molecule has 110 valence electrons. The van der Waals surface area contributed by atoms with E-state index >= 15 is 0 Å². The number of amides is 2. The third kappa shape index (κ3) is 3.76. The molecule has 3 nitrogen and oxygen atoms in total. The molecule has 0 atom stereocenters. The van der Waals surface area contributed by atoms with Crippen molar-refractivity contribution in [3.63, 3.8) is 0 Å². The van der Waals surface area contributed by atoms with E-state index < -0.39 is 0 Å². The normalized spacial score (nSPS) is 10.2. The third-order valence-electron chi connectivity index (χ3n) is 3.36. The molecule has 0 aliphatic heterocycles. The van der Waals surface area contributed by atoms with Gasteiger partial charge < -0.3 is 10.6 Å². The van der Waals surface area contributed by atoms with Gasteiger partial charge in [0.2, 0.25) is 0 Å². The Bertz CT molecular complexity index is 618. The molecular formula is C17H19ClN2O. The van der Waals surface area contributed by atoms with Crippen molar-refractivity contribution in [1.29, 1.82) is 0 Å². The van der Waals surface area contributed by atoms with Gasteiger partial charge in [-0.25, -0.2) is 4.79 Å². The smallest absolute Gasteiger partial charge is 0.307 e. The van der Waals surface area contributed by atoms with Gasteiger partial charge in [-0.05, 0) is 36.1 Å². The average Bonchev–Trinajstić information content (AvgIpc) is 2.49. The number of carbonyl (C=O) groups excluding carboxylic acids is 1. The Morgan fingerprint density at radius 1 is 0.952 bits per heavy atom. The highest BCUT2D eigenvalue weighted by molar-refractivity contribution is 6.33. The molecule has 0 unspecified atom stereocenters. The molecule has 2 amide bonds. The summed E-state index contributed by atoms with van der Waals surface area (Å²) in [5.41, 5.74) is 3.75. The third-order valence-corrected chi connectivity index (χ3v) is 3.69. The zero-order valence-corrected chi connectivity index (χ0v) is 13.0. The summed E-state index contributed by atoms with van der Waals surface area (Å²) in [4.78, 5) is 12.2.